The highest BCUT2D eigenvalue weighted by Crippen LogP contribution is 2.65. The Hall–Kier alpha value is -8.23. The number of ketones is 1. The second kappa shape index (κ2) is 25.1. The van der Waals surface area contributed by atoms with Crippen molar-refractivity contribution in [2.45, 2.75) is 128 Å². The van der Waals surface area contributed by atoms with Crippen LogP contribution in [0.2, 0.25) is 0 Å². The van der Waals surface area contributed by atoms with Crippen LogP contribution in [0, 0.1) is 16.7 Å². The summed E-state index contributed by atoms with van der Waals surface area (Å²) in [6.07, 6.45) is -12.9. The number of aliphatic hydroxyl groups is 1. The quantitative estimate of drug-likeness (QED) is 0.0258. The van der Waals surface area contributed by atoms with E-state index in [1.165, 1.54) is 19.1 Å². The van der Waals surface area contributed by atoms with Gasteiger partial charge in [0.2, 0.25) is 0 Å². The molecule has 3 fully saturated rings. The number of fused-ring (bicyclic) bond motifs is 5. The average Bonchev–Trinajstić information content (AvgIpc) is 0.764. The van der Waals surface area contributed by atoms with Crippen LogP contribution in [0.4, 0.5) is 9.59 Å². The van der Waals surface area contributed by atoms with E-state index in [-0.39, 0.29) is 43.0 Å². The minimum absolute atomic E-state index is 0.0276. The van der Waals surface area contributed by atoms with Crippen LogP contribution in [0.25, 0.3) is 0 Å². The first-order valence-electron chi connectivity index (χ1n) is 27.3. The highest BCUT2D eigenvalue weighted by molar-refractivity contribution is 5.96. The van der Waals surface area contributed by atoms with Crippen molar-refractivity contribution in [1.82, 2.24) is 5.32 Å². The van der Waals surface area contributed by atoms with E-state index in [1.807, 2.05) is 36.4 Å². The fraction of sp³-hybridized carbons (Fsp3) is 0.391. The van der Waals surface area contributed by atoms with Crippen LogP contribution < -0.4 is 5.32 Å². The van der Waals surface area contributed by atoms with Crippen molar-refractivity contribution in [3.8, 4) is 0 Å². The highest BCUT2D eigenvalue weighted by atomic mass is 16.7. The van der Waals surface area contributed by atoms with Crippen molar-refractivity contribution in [3.05, 3.63) is 191 Å². The zero-order valence-electron chi connectivity index (χ0n) is 46.9. The summed E-state index contributed by atoms with van der Waals surface area (Å²) in [7, 11) is 0. The van der Waals surface area contributed by atoms with Crippen LogP contribution in [0.1, 0.15) is 93.0 Å². The lowest BCUT2D eigenvalue weighted by Crippen LogP contribution is -2.82. The second-order valence-corrected chi connectivity index (χ2v) is 21.9. The fourth-order valence-electron chi connectivity index (χ4n) is 12.3. The molecule has 4 aliphatic rings. The van der Waals surface area contributed by atoms with Crippen molar-refractivity contribution in [2.75, 3.05) is 13.4 Å². The maximum Gasteiger partial charge on any atom is 0.508 e. The van der Waals surface area contributed by atoms with Crippen LogP contribution in [0.3, 0.4) is 0 Å². The van der Waals surface area contributed by atoms with Gasteiger partial charge in [-0.05, 0) is 59.4 Å². The molecule has 2 N–H and O–H groups in total. The van der Waals surface area contributed by atoms with E-state index in [0.29, 0.717) is 16.7 Å². The number of carbonyl (C=O) groups is 7. The normalized spacial score (nSPS) is 26.5. The van der Waals surface area contributed by atoms with E-state index in [2.05, 4.69) is 5.32 Å². The first-order chi connectivity index (χ1) is 39.8. The second-order valence-electron chi connectivity index (χ2n) is 21.9. The first kappa shape index (κ1) is 59.4. The number of Topliss-reactive ketones (excluding diaryl/α,β-unsaturated/α-hetero) is 1. The van der Waals surface area contributed by atoms with Gasteiger partial charge in [0.25, 0.3) is 0 Å². The number of nitrogens with one attached hydrogen (secondary N) is 1. The molecule has 2 saturated carbocycles. The summed E-state index contributed by atoms with van der Waals surface area (Å²) in [5, 5.41) is 17.1. The monoisotopic (exact) mass is 1140 g/mol. The van der Waals surface area contributed by atoms with Gasteiger partial charge in [0.1, 0.15) is 50.0 Å². The average molecular weight is 1140 g/mol. The third-order valence-electron chi connectivity index (χ3n) is 16.5. The SMILES string of the molecule is CC(=O)O[C@H]1C(=O)[C@]2(C)[C@@H](OC(=O)OCc3ccccc3)C[C@H]3OC[C@@]3(OC(C)=O)[C@H]2[C@H](OC(=O)c2ccccc2)[C@]2(O)C[C@H](OC(=O)[C@H](OCOCc3ccccc3)[C@@H](NC(=O)OCc3ccccc3)c3ccccc3)C(C)=C1C2(C)C. The summed E-state index contributed by atoms with van der Waals surface area (Å²) in [6, 6.07) is 41.8. The van der Waals surface area contributed by atoms with Gasteiger partial charge in [-0.1, -0.05) is 153 Å². The molecule has 436 valence electrons. The Morgan fingerprint density at radius 1 is 0.687 bits per heavy atom. The predicted molar refractivity (Wildman–Crippen MR) is 294 cm³/mol. The van der Waals surface area contributed by atoms with Gasteiger partial charge in [-0.15, -0.1) is 0 Å². The summed E-state index contributed by atoms with van der Waals surface area (Å²) >= 11 is 0. The van der Waals surface area contributed by atoms with E-state index in [9.17, 15) is 29.1 Å². The highest BCUT2D eigenvalue weighted by Gasteiger charge is 2.79. The topological polar surface area (TPSA) is 244 Å². The van der Waals surface area contributed by atoms with Crippen LogP contribution in [0.15, 0.2) is 163 Å². The Labute approximate surface area is 480 Å². The minimum atomic E-state index is -2.52. The lowest BCUT2D eigenvalue weighted by molar-refractivity contribution is -0.346. The number of hydrogen-bond donors (Lipinski definition) is 2. The third kappa shape index (κ3) is 12.3. The minimum Gasteiger partial charge on any atom is -0.456 e. The summed E-state index contributed by atoms with van der Waals surface area (Å²) in [4.78, 5) is 102. The number of carbonyl (C=O) groups excluding carboxylic acids is 7. The maximum atomic E-state index is 16.4. The van der Waals surface area contributed by atoms with Crippen LogP contribution in [-0.2, 0) is 86.4 Å². The Bertz CT molecular complexity index is 3180. The lowest BCUT2D eigenvalue weighted by Gasteiger charge is -2.67. The zero-order valence-corrected chi connectivity index (χ0v) is 46.9. The summed E-state index contributed by atoms with van der Waals surface area (Å²) in [6.45, 7) is 7.15. The molecule has 83 heavy (non-hydrogen) atoms. The van der Waals surface area contributed by atoms with Gasteiger partial charge in [-0.25, -0.2) is 19.2 Å². The number of benzene rings is 5. The molecular weight excluding hydrogens is 1070 g/mol. The Morgan fingerprint density at radius 2 is 1.24 bits per heavy atom. The molecule has 0 spiro atoms. The number of hydrogen-bond acceptors (Lipinski definition) is 18. The molecule has 0 radical (unpaired) electrons. The van der Waals surface area contributed by atoms with E-state index < -0.39 is 132 Å². The molecule has 1 saturated heterocycles. The zero-order chi connectivity index (χ0) is 59.1. The summed E-state index contributed by atoms with van der Waals surface area (Å²) in [5.41, 5.74) is -5.79. The fourth-order valence-corrected chi connectivity index (χ4v) is 12.3. The van der Waals surface area contributed by atoms with Crippen molar-refractivity contribution >= 4 is 41.9 Å². The number of rotatable bonds is 19. The number of amides is 1. The standard InChI is InChI=1S/C64H67NO18/c1-39-47(80-58(70)53(78-38-74-34-42-22-12-7-13-23-42)51(45-28-18-10-19-29-45)65-59(71)75-35-43-24-14-8-15-25-43)33-64(73)56(82-57(69)46-30-20-11-21-31-46)54-62(6,55(68)52(79-40(2)66)50(39)61(64,4)5)48(32-49-63(54,37-77-49)83-41(3)67)81-60(72)76-36-44-26-16-9-17-27-44/h7-31,47-49,51-54,56,73H,32-38H2,1-6H3,(H,65,71)/t47-,48-,49+,51-,52+,53+,54-,56-,62+,63-,64+/m0/s1. The molecule has 0 aromatic heterocycles. The molecule has 19 nitrogen and oxygen atoms in total. The third-order valence-corrected chi connectivity index (χ3v) is 16.5. The van der Waals surface area contributed by atoms with Gasteiger partial charge >= 0.3 is 36.1 Å². The van der Waals surface area contributed by atoms with Gasteiger partial charge in [0.05, 0.1) is 36.2 Å². The van der Waals surface area contributed by atoms with Crippen LogP contribution in [0.5, 0.6) is 0 Å². The van der Waals surface area contributed by atoms with Gasteiger partial charge in [-0.2, -0.15) is 0 Å². The number of alkyl carbamates (subject to hydrolysis) is 1. The van der Waals surface area contributed by atoms with Gasteiger partial charge in [0, 0.05) is 32.1 Å². The first-order valence-corrected chi connectivity index (χ1v) is 27.3. The van der Waals surface area contributed by atoms with Crippen molar-refractivity contribution < 1.29 is 86.0 Å². The van der Waals surface area contributed by atoms with Crippen molar-refractivity contribution in [3.63, 3.8) is 0 Å². The van der Waals surface area contributed by atoms with Crippen molar-refractivity contribution in [1.29, 1.82) is 0 Å². The molecular formula is C64H67NO18. The molecule has 1 heterocycles. The van der Waals surface area contributed by atoms with E-state index in [0.717, 1.165) is 19.4 Å². The Morgan fingerprint density at radius 3 is 1.80 bits per heavy atom. The van der Waals surface area contributed by atoms with Crippen LogP contribution in [-0.4, -0.2) is 108 Å². The molecule has 19 heteroatoms. The largest absolute Gasteiger partial charge is 0.508 e. The smallest absolute Gasteiger partial charge is 0.456 e. The van der Waals surface area contributed by atoms with Gasteiger partial charge in [-0.3, -0.25) is 14.4 Å². The molecule has 1 aliphatic heterocycles. The molecule has 0 unspecified atom stereocenters. The Balaban J connectivity index is 1.17. The Kier molecular flexibility index (Phi) is 18.0. The van der Waals surface area contributed by atoms with E-state index >= 15 is 9.59 Å². The number of esters is 4. The molecule has 2 bridgehead atoms. The molecule has 1 amide bonds. The molecule has 9 rings (SSSR count). The summed E-state index contributed by atoms with van der Waals surface area (Å²) in [5.74, 6) is -6.45. The number of ether oxygens (including phenoxy) is 10. The van der Waals surface area contributed by atoms with Gasteiger partial charge in [0.15, 0.2) is 23.6 Å². The predicted octanol–water partition coefficient (Wildman–Crippen LogP) is 8.79. The van der Waals surface area contributed by atoms with E-state index in [4.69, 9.17) is 47.4 Å². The van der Waals surface area contributed by atoms with E-state index in [1.54, 1.807) is 124 Å². The molecule has 5 aromatic rings. The molecule has 11 atom stereocenters. The van der Waals surface area contributed by atoms with Crippen molar-refractivity contribution in [2.24, 2.45) is 16.7 Å². The molecule has 5 aromatic carbocycles. The van der Waals surface area contributed by atoms with Gasteiger partial charge < -0.3 is 57.8 Å². The molecule has 3 aliphatic carbocycles. The lowest BCUT2D eigenvalue weighted by atomic mass is 9.44. The summed E-state index contributed by atoms with van der Waals surface area (Å²) < 4.78 is 61.4. The maximum absolute atomic E-state index is 16.4. The van der Waals surface area contributed by atoms with Crippen LogP contribution >= 0.6 is 0 Å².